The van der Waals surface area contributed by atoms with Crippen LogP contribution >= 0.6 is 0 Å². The normalized spacial score (nSPS) is 12.2. The molecule has 3 aromatic carbocycles. The zero-order valence-electron chi connectivity index (χ0n) is 24.8. The number of azo groups is 1. The number of benzene rings is 3. The summed E-state index contributed by atoms with van der Waals surface area (Å²) in [6.45, 7) is 3.24. The van der Waals surface area contributed by atoms with Crippen LogP contribution in [0.5, 0.6) is 0 Å². The molecule has 19 nitrogen and oxygen atoms in total. The van der Waals surface area contributed by atoms with Gasteiger partial charge in [0.15, 0.2) is 9.84 Å². The number of rotatable bonds is 15. The van der Waals surface area contributed by atoms with E-state index in [1.54, 1.807) is 0 Å². The number of carbonyl (C=O) groups excluding carboxylic acids is 1. The smallest absolute Gasteiger partial charge is 0.316 e. The van der Waals surface area contributed by atoms with Gasteiger partial charge in [0.2, 0.25) is 11.9 Å². The summed E-state index contributed by atoms with van der Waals surface area (Å²) in [6.07, 6.45) is -1.16. The van der Waals surface area contributed by atoms with Crippen molar-refractivity contribution in [1.82, 2.24) is 15.0 Å². The van der Waals surface area contributed by atoms with Gasteiger partial charge < -0.3 is 26.4 Å². The van der Waals surface area contributed by atoms with Gasteiger partial charge in [0.25, 0.3) is 20.2 Å². The number of carbonyl (C=O) groups is 1. The number of nitrogens with zero attached hydrogens (tertiary/aromatic N) is 5. The molecule has 7 N–H and O–H groups in total. The molecule has 4 rings (SSSR count). The number of halogens is 1. The molecule has 0 aliphatic heterocycles. The summed E-state index contributed by atoms with van der Waals surface area (Å²) in [5, 5.41) is 15.9. The summed E-state index contributed by atoms with van der Waals surface area (Å²) >= 11 is 0. The number of hydrogen-bond donors (Lipinski definition) is 6. The van der Waals surface area contributed by atoms with Crippen LogP contribution in [-0.4, -0.2) is 80.9 Å². The monoisotopic (exact) mass is 739 g/mol. The minimum atomic E-state index is -5.04. The number of fused-ring (bicyclic) bond motifs is 1. The van der Waals surface area contributed by atoms with Gasteiger partial charge in [-0.15, -0.1) is 10.2 Å². The van der Waals surface area contributed by atoms with Crippen LogP contribution in [0, 0.1) is 6.08 Å². The van der Waals surface area contributed by atoms with Gasteiger partial charge in [0, 0.05) is 28.4 Å². The van der Waals surface area contributed by atoms with Crippen LogP contribution in [0.2, 0.25) is 0 Å². The minimum Gasteiger partial charge on any atom is -0.379 e. The number of amides is 2. The third-order valence-corrected chi connectivity index (χ3v) is 9.27. The van der Waals surface area contributed by atoms with Crippen LogP contribution in [0.3, 0.4) is 0 Å². The Morgan fingerprint density at radius 2 is 1.61 bits per heavy atom. The van der Waals surface area contributed by atoms with E-state index >= 15 is 0 Å². The molecule has 0 atom stereocenters. The maximum Gasteiger partial charge on any atom is 0.316 e. The van der Waals surface area contributed by atoms with Gasteiger partial charge in [0.1, 0.15) is 21.2 Å². The fourth-order valence-corrected chi connectivity index (χ4v) is 6.17. The Labute approximate surface area is 278 Å². The molecule has 0 bridgehead atoms. The highest BCUT2D eigenvalue weighted by atomic mass is 32.2. The van der Waals surface area contributed by atoms with Crippen molar-refractivity contribution in [3.63, 3.8) is 0 Å². The number of urea groups is 1. The Hall–Kier alpha value is -5.20. The van der Waals surface area contributed by atoms with Crippen molar-refractivity contribution in [2.75, 3.05) is 41.5 Å². The lowest BCUT2D eigenvalue weighted by Gasteiger charge is -2.11. The zero-order valence-corrected chi connectivity index (χ0v) is 27.3. The van der Waals surface area contributed by atoms with Crippen molar-refractivity contribution in [1.29, 1.82) is 0 Å². The lowest BCUT2D eigenvalue weighted by Crippen LogP contribution is -2.19. The van der Waals surface area contributed by atoms with Gasteiger partial charge in [-0.25, -0.2) is 13.2 Å². The Morgan fingerprint density at radius 1 is 0.918 bits per heavy atom. The standard InChI is InChI=1S/C26H26FN9O10S3/c1-2-47(38,39)13-12-46-11-10-29-25-32-23(27)33-26(34-25)30-15-6-8-18(20(14-15)31-24(28)37)35-36-19-9-7-16-17(22(19)49(43,44)45)4-3-5-21(16)48(40,41)42/h2-9,14H,1,10-13H2,(H3,28,31,37)(H,40,41,42)(H,43,44,45)(H2,29,30,32,33,34). The first kappa shape index (κ1) is 36.6. The summed E-state index contributed by atoms with van der Waals surface area (Å²) in [5.41, 5.74) is 4.87. The first-order chi connectivity index (χ1) is 23.0. The molecular weight excluding hydrogens is 714 g/mol. The van der Waals surface area contributed by atoms with E-state index in [2.05, 4.69) is 47.7 Å². The van der Waals surface area contributed by atoms with Gasteiger partial charge in [-0.05, 0) is 30.3 Å². The Morgan fingerprint density at radius 3 is 2.29 bits per heavy atom. The van der Waals surface area contributed by atoms with Crippen LogP contribution < -0.4 is 21.7 Å². The molecule has 1 heterocycles. The molecule has 0 saturated heterocycles. The number of anilines is 4. The second kappa shape index (κ2) is 14.9. The van der Waals surface area contributed by atoms with E-state index in [4.69, 9.17) is 10.5 Å². The molecule has 0 aliphatic rings. The molecule has 260 valence electrons. The van der Waals surface area contributed by atoms with Gasteiger partial charge in [0.05, 0.1) is 24.7 Å². The number of nitrogens with one attached hydrogen (secondary N) is 3. The number of ether oxygens (including phenoxy) is 1. The number of aromatic nitrogens is 3. The van der Waals surface area contributed by atoms with Crippen molar-refractivity contribution < 1.29 is 48.3 Å². The highest BCUT2D eigenvalue weighted by Gasteiger charge is 2.23. The van der Waals surface area contributed by atoms with E-state index < -0.39 is 57.7 Å². The average Bonchev–Trinajstić information content (AvgIpc) is 3.00. The fourth-order valence-electron chi connectivity index (χ4n) is 4.12. The maximum absolute atomic E-state index is 14.1. The van der Waals surface area contributed by atoms with Crippen LogP contribution in [-0.2, 0) is 34.8 Å². The molecule has 1 aromatic heterocycles. The number of sulfone groups is 1. The van der Waals surface area contributed by atoms with Gasteiger partial charge >= 0.3 is 12.1 Å². The average molecular weight is 740 g/mol. The largest absolute Gasteiger partial charge is 0.379 e. The summed E-state index contributed by atoms with van der Waals surface area (Å²) in [4.78, 5) is 21.4. The van der Waals surface area contributed by atoms with Gasteiger partial charge in [-0.1, -0.05) is 24.8 Å². The van der Waals surface area contributed by atoms with Crippen molar-refractivity contribution in [3.8, 4) is 0 Å². The SMILES string of the molecule is C=CS(=O)(=O)CCOCCNc1nc(F)nc(Nc2ccc(N=Nc3ccc4c(S(=O)(=O)O)cccc4c3S(=O)(=O)O)c(NC(N)=O)c2)n1. The van der Waals surface area contributed by atoms with Crippen LogP contribution in [0.15, 0.2) is 80.5 Å². The molecule has 4 aromatic rings. The highest BCUT2D eigenvalue weighted by Crippen LogP contribution is 2.37. The molecule has 49 heavy (non-hydrogen) atoms. The van der Waals surface area contributed by atoms with Gasteiger partial charge in [-0.3, -0.25) is 9.11 Å². The predicted octanol–water partition coefficient (Wildman–Crippen LogP) is 3.29. The molecule has 0 aliphatic carbocycles. The van der Waals surface area contributed by atoms with E-state index in [-0.39, 0.29) is 65.2 Å². The van der Waals surface area contributed by atoms with E-state index in [0.29, 0.717) is 0 Å². The lowest BCUT2D eigenvalue weighted by atomic mass is 10.1. The van der Waals surface area contributed by atoms with E-state index in [9.17, 15) is 43.5 Å². The van der Waals surface area contributed by atoms with Crippen LogP contribution in [0.25, 0.3) is 10.8 Å². The first-order valence-electron chi connectivity index (χ1n) is 13.5. The zero-order chi connectivity index (χ0) is 36.0. The molecule has 0 spiro atoms. The summed E-state index contributed by atoms with van der Waals surface area (Å²) in [5.74, 6) is -0.717. The van der Waals surface area contributed by atoms with Crippen LogP contribution in [0.1, 0.15) is 0 Å². The van der Waals surface area contributed by atoms with Crippen molar-refractivity contribution in [2.45, 2.75) is 9.79 Å². The number of nitrogens with two attached hydrogens (primary N) is 1. The van der Waals surface area contributed by atoms with Gasteiger partial charge in [-0.2, -0.15) is 36.2 Å². The van der Waals surface area contributed by atoms with Crippen molar-refractivity contribution in [3.05, 3.63) is 66.6 Å². The van der Waals surface area contributed by atoms with E-state index in [1.165, 1.54) is 24.3 Å². The third kappa shape index (κ3) is 9.91. The molecule has 0 saturated carbocycles. The second-order valence-corrected chi connectivity index (χ2v) is 14.4. The first-order valence-corrected chi connectivity index (χ1v) is 18.0. The lowest BCUT2D eigenvalue weighted by molar-refractivity contribution is 0.159. The molecular formula is C26H26FN9O10S3. The van der Waals surface area contributed by atoms with Crippen molar-refractivity contribution in [2.24, 2.45) is 16.0 Å². The fraction of sp³-hybridized carbons (Fsp3) is 0.154. The predicted molar refractivity (Wildman–Crippen MR) is 174 cm³/mol. The third-order valence-electron chi connectivity index (χ3n) is 6.17. The van der Waals surface area contributed by atoms with E-state index in [1.807, 2.05) is 0 Å². The minimum absolute atomic E-state index is 0.0391. The molecule has 2 amide bonds. The summed E-state index contributed by atoms with van der Waals surface area (Å²) in [7, 11) is -13.2. The van der Waals surface area contributed by atoms with E-state index in [0.717, 1.165) is 29.7 Å². The maximum atomic E-state index is 14.1. The van der Waals surface area contributed by atoms with Crippen LogP contribution in [0.4, 0.5) is 43.8 Å². The topological polar surface area (TPSA) is 295 Å². The molecule has 23 heteroatoms. The van der Waals surface area contributed by atoms with Crippen molar-refractivity contribution >= 4 is 81.5 Å². The molecule has 0 fully saturated rings. The summed E-state index contributed by atoms with van der Waals surface area (Å²) in [6, 6.07) is 8.49. The molecule has 0 unspecified atom stereocenters. The second-order valence-electron chi connectivity index (χ2n) is 9.59. The Kier molecular flexibility index (Phi) is 11.2. The number of primary amides is 1. The Bertz CT molecular complexity index is 2290. The Balaban J connectivity index is 1.58. The molecule has 0 radical (unpaired) electrons. The quantitative estimate of drug-likeness (QED) is 0.0579. The highest BCUT2D eigenvalue weighted by molar-refractivity contribution is 7.94. The number of hydrogen-bond acceptors (Lipinski definition) is 15. The summed E-state index contributed by atoms with van der Waals surface area (Å²) < 4.78 is 110.